The number of hydrogen-bond donors (Lipinski definition) is 3. The summed E-state index contributed by atoms with van der Waals surface area (Å²) in [7, 11) is 0. The van der Waals surface area contributed by atoms with Crippen LogP contribution in [-0.2, 0) is 0 Å². The van der Waals surface area contributed by atoms with Crippen LogP contribution in [0.15, 0.2) is 24.3 Å². The van der Waals surface area contributed by atoms with Gasteiger partial charge in [-0.05, 0) is 19.1 Å². The van der Waals surface area contributed by atoms with Gasteiger partial charge in [-0.2, -0.15) is 0 Å². The molecule has 0 fully saturated rings. The summed E-state index contributed by atoms with van der Waals surface area (Å²) in [4.78, 5) is 11.4. The van der Waals surface area contributed by atoms with Crippen LogP contribution in [0.25, 0.3) is 0 Å². The van der Waals surface area contributed by atoms with Gasteiger partial charge in [0.05, 0.1) is 11.7 Å². The molecule has 14 heavy (non-hydrogen) atoms. The van der Waals surface area contributed by atoms with Crippen LogP contribution >= 0.6 is 0 Å². The number of amides is 1. The summed E-state index contributed by atoms with van der Waals surface area (Å²) in [6.45, 7) is 1.75. The molecule has 0 heterocycles. The van der Waals surface area contributed by atoms with Gasteiger partial charge in [0.25, 0.3) is 5.91 Å². The molecular formula is C10H13NO3. The third-order valence-corrected chi connectivity index (χ3v) is 1.71. The molecule has 0 radical (unpaired) electrons. The Bertz CT molecular complexity index is 323. The highest BCUT2D eigenvalue weighted by molar-refractivity contribution is 5.96. The molecule has 4 nitrogen and oxygen atoms in total. The summed E-state index contributed by atoms with van der Waals surface area (Å²) in [5.74, 6) is -0.445. The maximum absolute atomic E-state index is 11.4. The number of aromatic hydroxyl groups is 1. The Morgan fingerprint density at radius 3 is 2.71 bits per heavy atom. The fourth-order valence-corrected chi connectivity index (χ4v) is 1.00. The molecule has 4 heteroatoms. The van der Waals surface area contributed by atoms with Gasteiger partial charge in [-0.3, -0.25) is 4.79 Å². The van der Waals surface area contributed by atoms with Crippen LogP contribution in [0, 0.1) is 0 Å². The molecule has 1 aromatic carbocycles. The number of phenols is 1. The van der Waals surface area contributed by atoms with Gasteiger partial charge in [-0.25, -0.2) is 0 Å². The lowest BCUT2D eigenvalue weighted by atomic mass is 10.2. The first-order valence-corrected chi connectivity index (χ1v) is 4.35. The summed E-state index contributed by atoms with van der Waals surface area (Å²) in [5, 5.41) is 20.8. The molecule has 0 aliphatic rings. The maximum Gasteiger partial charge on any atom is 0.255 e. The molecule has 0 spiro atoms. The standard InChI is InChI=1S/C10H13NO3/c1-7(12)6-11-10(14)8-4-2-3-5-9(8)13/h2-5,7,12-13H,6H2,1H3,(H,11,14)/t7-/m0/s1. The summed E-state index contributed by atoms with van der Waals surface area (Å²) in [6.07, 6.45) is -0.593. The average molecular weight is 195 g/mol. The number of carbonyl (C=O) groups excluding carboxylic acids is 1. The smallest absolute Gasteiger partial charge is 0.255 e. The first-order valence-electron chi connectivity index (χ1n) is 4.35. The van der Waals surface area contributed by atoms with Crippen LogP contribution < -0.4 is 5.32 Å². The van der Waals surface area contributed by atoms with Gasteiger partial charge in [0, 0.05) is 6.54 Å². The van der Waals surface area contributed by atoms with Crippen molar-refractivity contribution in [2.45, 2.75) is 13.0 Å². The molecule has 0 bridgehead atoms. The topological polar surface area (TPSA) is 69.6 Å². The number of aliphatic hydroxyl groups excluding tert-OH is 1. The van der Waals surface area contributed by atoms with Crippen LogP contribution in [0.5, 0.6) is 5.75 Å². The molecule has 0 saturated carbocycles. The van der Waals surface area contributed by atoms with Gasteiger partial charge in [0.15, 0.2) is 0 Å². The lowest BCUT2D eigenvalue weighted by Gasteiger charge is -2.07. The summed E-state index contributed by atoms with van der Waals surface area (Å²) in [5.41, 5.74) is 0.216. The van der Waals surface area contributed by atoms with E-state index in [2.05, 4.69) is 5.32 Å². The minimum atomic E-state index is -0.593. The predicted molar refractivity (Wildman–Crippen MR) is 52.1 cm³/mol. The molecule has 1 atom stereocenters. The number of para-hydroxylation sites is 1. The maximum atomic E-state index is 11.4. The SMILES string of the molecule is C[C@H](O)CNC(=O)c1ccccc1O. The van der Waals surface area contributed by atoms with Crippen molar-refractivity contribution < 1.29 is 15.0 Å². The van der Waals surface area contributed by atoms with Gasteiger partial charge in [0.1, 0.15) is 5.75 Å². The molecule has 0 unspecified atom stereocenters. The molecule has 76 valence electrons. The minimum Gasteiger partial charge on any atom is -0.507 e. The number of carbonyl (C=O) groups is 1. The van der Waals surface area contributed by atoms with E-state index in [1.165, 1.54) is 12.1 Å². The zero-order valence-electron chi connectivity index (χ0n) is 7.90. The second-order valence-corrected chi connectivity index (χ2v) is 3.08. The molecule has 0 aliphatic heterocycles. The van der Waals surface area contributed by atoms with E-state index in [1.807, 2.05) is 0 Å². The van der Waals surface area contributed by atoms with Crippen molar-refractivity contribution in [3.05, 3.63) is 29.8 Å². The Balaban J connectivity index is 2.65. The Labute approximate surface area is 82.2 Å². The van der Waals surface area contributed by atoms with Crippen molar-refractivity contribution in [1.29, 1.82) is 0 Å². The van der Waals surface area contributed by atoms with Crippen molar-refractivity contribution in [3.63, 3.8) is 0 Å². The van der Waals surface area contributed by atoms with Gasteiger partial charge in [0.2, 0.25) is 0 Å². The van der Waals surface area contributed by atoms with Crippen LogP contribution in [-0.4, -0.2) is 28.8 Å². The zero-order chi connectivity index (χ0) is 10.6. The highest BCUT2D eigenvalue weighted by Crippen LogP contribution is 2.14. The van der Waals surface area contributed by atoms with Gasteiger partial charge >= 0.3 is 0 Å². The first kappa shape index (κ1) is 10.5. The number of rotatable bonds is 3. The number of hydrogen-bond acceptors (Lipinski definition) is 3. The third kappa shape index (κ3) is 2.74. The largest absolute Gasteiger partial charge is 0.507 e. The van der Waals surface area contributed by atoms with E-state index in [9.17, 15) is 9.90 Å². The van der Waals surface area contributed by atoms with Crippen molar-refractivity contribution in [1.82, 2.24) is 5.32 Å². The van der Waals surface area contributed by atoms with E-state index in [0.29, 0.717) is 0 Å². The molecule has 1 aromatic rings. The number of phenolic OH excluding ortho intramolecular Hbond substituents is 1. The fraction of sp³-hybridized carbons (Fsp3) is 0.300. The number of benzene rings is 1. The summed E-state index contributed by atoms with van der Waals surface area (Å²) >= 11 is 0. The molecule has 1 rings (SSSR count). The van der Waals surface area contributed by atoms with E-state index in [-0.39, 0.29) is 23.8 Å². The quantitative estimate of drug-likeness (QED) is 0.658. The number of aliphatic hydroxyl groups is 1. The van der Waals surface area contributed by atoms with Crippen molar-refractivity contribution in [2.75, 3.05) is 6.54 Å². The van der Waals surface area contributed by atoms with Gasteiger partial charge < -0.3 is 15.5 Å². The van der Waals surface area contributed by atoms with E-state index >= 15 is 0 Å². The van der Waals surface area contributed by atoms with Crippen LogP contribution in [0.1, 0.15) is 17.3 Å². The Morgan fingerprint density at radius 2 is 2.14 bits per heavy atom. The van der Waals surface area contributed by atoms with Gasteiger partial charge in [-0.1, -0.05) is 12.1 Å². The van der Waals surface area contributed by atoms with E-state index < -0.39 is 6.10 Å². The molecule has 3 N–H and O–H groups in total. The van der Waals surface area contributed by atoms with Crippen molar-refractivity contribution in [3.8, 4) is 5.75 Å². The second kappa shape index (κ2) is 4.62. The van der Waals surface area contributed by atoms with E-state index in [1.54, 1.807) is 19.1 Å². The van der Waals surface area contributed by atoms with E-state index in [4.69, 9.17) is 5.11 Å². The monoisotopic (exact) mass is 195 g/mol. The summed E-state index contributed by atoms with van der Waals surface area (Å²) in [6, 6.07) is 6.27. The predicted octanol–water partition coefficient (Wildman–Crippen LogP) is 0.503. The molecule has 0 saturated heterocycles. The van der Waals surface area contributed by atoms with Crippen molar-refractivity contribution >= 4 is 5.91 Å². The fourth-order valence-electron chi connectivity index (χ4n) is 1.00. The third-order valence-electron chi connectivity index (χ3n) is 1.71. The highest BCUT2D eigenvalue weighted by Gasteiger charge is 2.09. The molecule has 0 aliphatic carbocycles. The number of nitrogens with one attached hydrogen (secondary N) is 1. The first-order chi connectivity index (χ1) is 6.61. The zero-order valence-corrected chi connectivity index (χ0v) is 7.90. The molecule has 1 amide bonds. The highest BCUT2D eigenvalue weighted by atomic mass is 16.3. The normalized spacial score (nSPS) is 12.1. The van der Waals surface area contributed by atoms with Crippen molar-refractivity contribution in [2.24, 2.45) is 0 Å². The van der Waals surface area contributed by atoms with Gasteiger partial charge in [-0.15, -0.1) is 0 Å². The minimum absolute atomic E-state index is 0.0596. The lowest BCUT2D eigenvalue weighted by molar-refractivity contribution is 0.0921. The average Bonchev–Trinajstić information content (AvgIpc) is 2.15. The summed E-state index contributed by atoms with van der Waals surface area (Å²) < 4.78 is 0. The van der Waals surface area contributed by atoms with Crippen LogP contribution in [0.3, 0.4) is 0 Å². The Kier molecular flexibility index (Phi) is 3.48. The van der Waals surface area contributed by atoms with E-state index in [0.717, 1.165) is 0 Å². The second-order valence-electron chi connectivity index (χ2n) is 3.08. The molecular weight excluding hydrogens is 182 g/mol. The molecule has 0 aromatic heterocycles. The Hall–Kier alpha value is -1.55. The Morgan fingerprint density at radius 1 is 1.50 bits per heavy atom. The van der Waals surface area contributed by atoms with Crippen LogP contribution in [0.2, 0.25) is 0 Å². The van der Waals surface area contributed by atoms with Crippen LogP contribution in [0.4, 0.5) is 0 Å². The lowest BCUT2D eigenvalue weighted by Crippen LogP contribution is -2.30.